The lowest BCUT2D eigenvalue weighted by molar-refractivity contribution is 0.619. The second kappa shape index (κ2) is 5.09. The molecule has 0 saturated heterocycles. The van der Waals surface area contributed by atoms with Gasteiger partial charge in [0.25, 0.3) is 0 Å². The summed E-state index contributed by atoms with van der Waals surface area (Å²) in [6, 6.07) is 8.89. The second-order valence-corrected chi connectivity index (χ2v) is 5.02. The molecule has 3 aromatic rings. The Kier molecular flexibility index (Phi) is 3.25. The number of halogens is 1. The summed E-state index contributed by atoms with van der Waals surface area (Å²) in [7, 11) is 0. The molecule has 0 fully saturated rings. The van der Waals surface area contributed by atoms with E-state index in [-0.39, 0.29) is 5.82 Å². The second-order valence-electron chi connectivity index (χ2n) is 5.02. The minimum Gasteiger partial charge on any atom is -0.280 e. The van der Waals surface area contributed by atoms with Crippen molar-refractivity contribution in [3.05, 3.63) is 59.2 Å². The Balaban J connectivity index is 2.09. The Morgan fingerprint density at radius 1 is 1.05 bits per heavy atom. The molecule has 2 heterocycles. The zero-order valence-corrected chi connectivity index (χ0v) is 12.1. The van der Waals surface area contributed by atoms with E-state index in [1.807, 2.05) is 39.0 Å². The van der Waals surface area contributed by atoms with Gasteiger partial charge in [-0.1, -0.05) is 12.1 Å². The Bertz CT molecular complexity index is 849. The topological polar surface area (TPSA) is 42.0 Å². The van der Waals surface area contributed by atoms with Crippen LogP contribution in [0.25, 0.3) is 5.65 Å². The molecule has 106 valence electrons. The van der Waals surface area contributed by atoms with E-state index in [0.29, 0.717) is 11.5 Å². The molecule has 0 atom stereocenters. The van der Waals surface area contributed by atoms with Gasteiger partial charge in [-0.2, -0.15) is 0 Å². The van der Waals surface area contributed by atoms with Crippen molar-refractivity contribution in [2.75, 3.05) is 0 Å². The average Bonchev–Trinajstić information content (AvgIpc) is 2.76. The van der Waals surface area contributed by atoms with E-state index >= 15 is 0 Å². The maximum Gasteiger partial charge on any atom is 0.182 e. The van der Waals surface area contributed by atoms with Crippen LogP contribution in [0.3, 0.4) is 0 Å². The van der Waals surface area contributed by atoms with Crippen molar-refractivity contribution in [3.63, 3.8) is 0 Å². The van der Waals surface area contributed by atoms with Gasteiger partial charge in [0, 0.05) is 6.20 Å². The van der Waals surface area contributed by atoms with Crippen molar-refractivity contribution in [3.8, 4) is 0 Å². The Morgan fingerprint density at radius 3 is 2.67 bits per heavy atom. The van der Waals surface area contributed by atoms with Crippen molar-refractivity contribution in [2.45, 2.75) is 20.8 Å². The van der Waals surface area contributed by atoms with Gasteiger partial charge in [-0.15, -0.1) is 10.2 Å². The number of pyridine rings is 1. The van der Waals surface area contributed by atoms with E-state index < -0.39 is 0 Å². The highest BCUT2D eigenvalue weighted by molar-refractivity contribution is 5.53. The fourth-order valence-corrected chi connectivity index (χ4v) is 2.19. The van der Waals surface area contributed by atoms with Crippen LogP contribution in [0.15, 0.2) is 46.8 Å². The average molecular weight is 282 g/mol. The van der Waals surface area contributed by atoms with E-state index in [9.17, 15) is 4.39 Å². The molecule has 0 aliphatic carbocycles. The SMILES string of the molecule is Cc1cccc(N=Nc2c(C)nc3ccc(F)cn23)c1C. The fourth-order valence-electron chi connectivity index (χ4n) is 2.19. The van der Waals surface area contributed by atoms with Crippen molar-refractivity contribution in [1.29, 1.82) is 0 Å². The van der Waals surface area contributed by atoms with Crippen molar-refractivity contribution in [2.24, 2.45) is 10.2 Å². The van der Waals surface area contributed by atoms with E-state index in [4.69, 9.17) is 0 Å². The number of benzene rings is 1. The molecule has 5 heteroatoms. The van der Waals surface area contributed by atoms with Gasteiger partial charge >= 0.3 is 0 Å². The van der Waals surface area contributed by atoms with Gasteiger partial charge in [-0.05, 0) is 50.1 Å². The minimum absolute atomic E-state index is 0.330. The van der Waals surface area contributed by atoms with Crippen LogP contribution in [0.4, 0.5) is 15.9 Å². The number of nitrogens with zero attached hydrogens (tertiary/aromatic N) is 4. The van der Waals surface area contributed by atoms with Crippen molar-refractivity contribution in [1.82, 2.24) is 9.38 Å². The van der Waals surface area contributed by atoms with Crippen LogP contribution in [0.2, 0.25) is 0 Å². The number of aromatic nitrogens is 2. The Labute approximate surface area is 122 Å². The van der Waals surface area contributed by atoms with Gasteiger partial charge in [-0.25, -0.2) is 9.37 Å². The first-order valence-electron chi connectivity index (χ1n) is 6.68. The van der Waals surface area contributed by atoms with Gasteiger partial charge in [0.1, 0.15) is 11.5 Å². The van der Waals surface area contributed by atoms with Crippen LogP contribution >= 0.6 is 0 Å². The first-order chi connectivity index (χ1) is 10.1. The van der Waals surface area contributed by atoms with Crippen molar-refractivity contribution < 1.29 is 4.39 Å². The van der Waals surface area contributed by atoms with Gasteiger partial charge in [0.15, 0.2) is 5.82 Å². The van der Waals surface area contributed by atoms with Crippen LogP contribution in [0, 0.1) is 26.6 Å². The van der Waals surface area contributed by atoms with Crippen LogP contribution in [0.5, 0.6) is 0 Å². The van der Waals surface area contributed by atoms with Gasteiger partial charge in [-0.3, -0.25) is 4.40 Å². The number of fused-ring (bicyclic) bond motifs is 1. The minimum atomic E-state index is -0.330. The molecule has 4 nitrogen and oxygen atoms in total. The maximum atomic E-state index is 13.4. The quantitative estimate of drug-likeness (QED) is 0.622. The molecule has 0 unspecified atom stereocenters. The summed E-state index contributed by atoms with van der Waals surface area (Å²) >= 11 is 0. The highest BCUT2D eigenvalue weighted by Crippen LogP contribution is 2.26. The molecule has 0 N–H and O–H groups in total. The molecular formula is C16H15FN4. The molecule has 0 saturated carbocycles. The van der Waals surface area contributed by atoms with Gasteiger partial charge < -0.3 is 0 Å². The molecule has 0 radical (unpaired) electrons. The zero-order chi connectivity index (χ0) is 15.0. The molecule has 3 rings (SSSR count). The summed E-state index contributed by atoms with van der Waals surface area (Å²) in [4.78, 5) is 4.35. The summed E-state index contributed by atoms with van der Waals surface area (Å²) < 4.78 is 15.0. The number of azo groups is 1. The molecule has 21 heavy (non-hydrogen) atoms. The van der Waals surface area contributed by atoms with Gasteiger partial charge in [0.2, 0.25) is 0 Å². The normalized spacial score (nSPS) is 11.6. The monoisotopic (exact) mass is 282 g/mol. The smallest absolute Gasteiger partial charge is 0.182 e. The number of aryl methyl sites for hydroxylation is 2. The highest BCUT2D eigenvalue weighted by atomic mass is 19.1. The third kappa shape index (κ3) is 2.42. The summed E-state index contributed by atoms with van der Waals surface area (Å²) in [5, 5.41) is 8.56. The van der Waals surface area contributed by atoms with E-state index in [1.165, 1.54) is 12.3 Å². The van der Waals surface area contributed by atoms with Crippen LogP contribution < -0.4 is 0 Å². The molecule has 0 aliphatic rings. The lowest BCUT2D eigenvalue weighted by Crippen LogP contribution is -1.85. The summed E-state index contributed by atoms with van der Waals surface area (Å²) in [5.74, 6) is 0.216. The predicted molar refractivity (Wildman–Crippen MR) is 80.0 cm³/mol. The van der Waals surface area contributed by atoms with Crippen molar-refractivity contribution >= 4 is 17.2 Å². The Morgan fingerprint density at radius 2 is 1.86 bits per heavy atom. The van der Waals surface area contributed by atoms with E-state index in [1.54, 1.807) is 10.5 Å². The maximum absolute atomic E-state index is 13.4. The lowest BCUT2D eigenvalue weighted by Gasteiger charge is -2.02. The predicted octanol–water partition coefficient (Wildman–Crippen LogP) is 4.81. The molecule has 0 aliphatic heterocycles. The molecule has 1 aromatic carbocycles. The first-order valence-corrected chi connectivity index (χ1v) is 6.68. The third-order valence-corrected chi connectivity index (χ3v) is 3.55. The van der Waals surface area contributed by atoms with E-state index in [2.05, 4.69) is 15.2 Å². The third-order valence-electron chi connectivity index (χ3n) is 3.55. The summed E-state index contributed by atoms with van der Waals surface area (Å²) in [6.45, 7) is 5.87. The molecule has 2 aromatic heterocycles. The van der Waals surface area contributed by atoms with Crippen LogP contribution in [0.1, 0.15) is 16.8 Å². The molecule has 0 amide bonds. The lowest BCUT2D eigenvalue weighted by atomic mass is 10.1. The van der Waals surface area contributed by atoms with Crippen LogP contribution in [-0.2, 0) is 0 Å². The van der Waals surface area contributed by atoms with Crippen LogP contribution in [-0.4, -0.2) is 9.38 Å². The fraction of sp³-hybridized carbons (Fsp3) is 0.188. The number of imidazole rings is 1. The largest absolute Gasteiger partial charge is 0.280 e. The molecule has 0 spiro atoms. The summed E-state index contributed by atoms with van der Waals surface area (Å²) in [5.41, 5.74) is 4.42. The number of rotatable bonds is 2. The molecule has 0 bridgehead atoms. The Hall–Kier alpha value is -2.56. The van der Waals surface area contributed by atoms with E-state index in [0.717, 1.165) is 22.5 Å². The first kappa shape index (κ1) is 13.4. The standard InChI is InChI=1S/C16H15FN4/c1-10-5-4-6-14(11(10)2)19-20-16-12(3)18-15-8-7-13(17)9-21(15)16/h4-9H,1-3H3. The van der Waals surface area contributed by atoms with Gasteiger partial charge in [0.05, 0.1) is 11.4 Å². The zero-order valence-electron chi connectivity index (χ0n) is 12.1. The highest BCUT2D eigenvalue weighted by Gasteiger charge is 2.09. The number of hydrogen-bond donors (Lipinski definition) is 0. The summed E-state index contributed by atoms with van der Waals surface area (Å²) in [6.07, 6.45) is 1.37. The molecular weight excluding hydrogens is 267 g/mol. The number of hydrogen-bond acceptors (Lipinski definition) is 3.